The number of carboxylic acid groups (broad SMARTS) is 1. The fraction of sp³-hybridized carbons (Fsp3) is 0.231. The first-order chi connectivity index (χ1) is 9.04. The fourth-order valence-electron chi connectivity index (χ4n) is 1.61. The molecule has 0 radical (unpaired) electrons. The van der Waals surface area contributed by atoms with Gasteiger partial charge in [-0.1, -0.05) is 0 Å². The minimum Gasteiger partial charge on any atom is -0.481 e. The van der Waals surface area contributed by atoms with Crippen LogP contribution in [0.5, 0.6) is 0 Å². The molecule has 2 rings (SSSR count). The van der Waals surface area contributed by atoms with Crippen molar-refractivity contribution in [3.05, 3.63) is 44.3 Å². The van der Waals surface area contributed by atoms with Gasteiger partial charge in [-0.05, 0) is 46.6 Å². The van der Waals surface area contributed by atoms with Crippen LogP contribution < -0.4 is 5.32 Å². The van der Waals surface area contributed by atoms with Gasteiger partial charge in [-0.2, -0.15) is 0 Å². The van der Waals surface area contributed by atoms with E-state index in [0.29, 0.717) is 6.54 Å². The van der Waals surface area contributed by atoms with Gasteiger partial charge in [0.15, 0.2) is 0 Å². The maximum Gasteiger partial charge on any atom is 0.308 e. The number of halogens is 1. The number of hydrogen-bond donors (Lipinski definition) is 2. The van der Waals surface area contributed by atoms with E-state index in [0.717, 1.165) is 25.6 Å². The number of hydrogen-bond acceptors (Lipinski definition) is 4. The molecule has 2 heterocycles. The van der Waals surface area contributed by atoms with Crippen LogP contribution in [0, 0.1) is 6.92 Å². The number of anilines is 1. The molecule has 19 heavy (non-hydrogen) atoms. The molecule has 0 aliphatic heterocycles. The third-order valence-electron chi connectivity index (χ3n) is 2.52. The van der Waals surface area contributed by atoms with E-state index in [9.17, 15) is 4.79 Å². The van der Waals surface area contributed by atoms with Crippen molar-refractivity contribution < 1.29 is 9.90 Å². The van der Waals surface area contributed by atoms with Crippen LogP contribution in [0.4, 0.5) is 5.69 Å². The summed E-state index contributed by atoms with van der Waals surface area (Å²) in [4.78, 5) is 16.8. The minimum atomic E-state index is -0.797. The van der Waals surface area contributed by atoms with Crippen molar-refractivity contribution in [1.29, 1.82) is 0 Å². The number of thiophene rings is 1. The zero-order valence-electron chi connectivity index (χ0n) is 10.3. The lowest BCUT2D eigenvalue weighted by atomic mass is 10.3. The number of aromatic nitrogens is 1. The molecule has 0 aromatic carbocycles. The summed E-state index contributed by atoms with van der Waals surface area (Å²) < 4.78 is 0.845. The highest BCUT2D eigenvalue weighted by Crippen LogP contribution is 2.20. The van der Waals surface area contributed by atoms with Crippen LogP contribution in [0.3, 0.4) is 0 Å². The molecule has 0 amide bonds. The van der Waals surface area contributed by atoms with E-state index >= 15 is 0 Å². The maximum absolute atomic E-state index is 10.6. The highest BCUT2D eigenvalue weighted by molar-refractivity contribution is 9.10. The second-order valence-electron chi connectivity index (χ2n) is 4.12. The fourth-order valence-corrected chi connectivity index (χ4v) is 2.77. The van der Waals surface area contributed by atoms with Crippen molar-refractivity contribution in [3.63, 3.8) is 0 Å². The van der Waals surface area contributed by atoms with Crippen LogP contribution in [0.15, 0.2) is 29.0 Å². The van der Waals surface area contributed by atoms with Gasteiger partial charge in [0.1, 0.15) is 4.60 Å². The van der Waals surface area contributed by atoms with E-state index in [4.69, 9.17) is 5.11 Å². The molecule has 0 spiro atoms. The summed E-state index contributed by atoms with van der Waals surface area (Å²) in [5.74, 6) is -0.797. The predicted octanol–water partition coefficient (Wildman–Crippen LogP) is 3.45. The van der Waals surface area contributed by atoms with Gasteiger partial charge in [0, 0.05) is 16.3 Å². The predicted molar refractivity (Wildman–Crippen MR) is 79.7 cm³/mol. The van der Waals surface area contributed by atoms with E-state index in [1.54, 1.807) is 6.20 Å². The Hall–Kier alpha value is -1.40. The zero-order chi connectivity index (χ0) is 13.8. The average Bonchev–Trinajstić information content (AvgIpc) is 2.77. The average molecular weight is 341 g/mol. The van der Waals surface area contributed by atoms with Gasteiger partial charge in [-0.3, -0.25) is 4.79 Å². The molecule has 2 aromatic heterocycles. The summed E-state index contributed by atoms with van der Waals surface area (Å²) in [6.45, 7) is 2.66. The topological polar surface area (TPSA) is 62.2 Å². The first kappa shape index (κ1) is 14.0. The van der Waals surface area contributed by atoms with Gasteiger partial charge < -0.3 is 10.4 Å². The third kappa shape index (κ3) is 4.04. The number of nitrogens with one attached hydrogen (secondary N) is 1. The van der Waals surface area contributed by atoms with Crippen molar-refractivity contribution >= 4 is 38.9 Å². The normalized spacial score (nSPS) is 10.4. The number of nitrogens with zero attached hydrogens (tertiary/aromatic N) is 1. The van der Waals surface area contributed by atoms with Crippen molar-refractivity contribution in [2.75, 3.05) is 5.32 Å². The van der Waals surface area contributed by atoms with E-state index in [1.807, 2.05) is 25.1 Å². The van der Waals surface area contributed by atoms with Gasteiger partial charge in [0.2, 0.25) is 0 Å². The summed E-state index contributed by atoms with van der Waals surface area (Å²) >= 11 is 4.87. The summed E-state index contributed by atoms with van der Waals surface area (Å²) in [5, 5.41) is 12.0. The SMILES string of the molecule is Cc1cc(NCc2ccc(CC(=O)O)s2)cnc1Br. The lowest BCUT2D eigenvalue weighted by Crippen LogP contribution is -1.99. The Kier molecular flexibility index (Phi) is 4.55. The molecule has 6 heteroatoms. The maximum atomic E-state index is 10.6. The van der Waals surface area contributed by atoms with E-state index in [2.05, 4.69) is 26.2 Å². The van der Waals surface area contributed by atoms with Gasteiger partial charge in [-0.15, -0.1) is 11.3 Å². The Labute approximate surface area is 123 Å². The molecule has 100 valence electrons. The number of aryl methyl sites for hydroxylation is 1. The number of aliphatic carboxylic acids is 1. The third-order valence-corrected chi connectivity index (χ3v) is 4.44. The van der Waals surface area contributed by atoms with Gasteiger partial charge in [0.05, 0.1) is 18.3 Å². The second kappa shape index (κ2) is 6.16. The molecule has 2 N–H and O–H groups in total. The number of pyridine rings is 1. The van der Waals surface area contributed by atoms with Crippen molar-refractivity contribution in [1.82, 2.24) is 4.98 Å². The molecule has 0 fully saturated rings. The quantitative estimate of drug-likeness (QED) is 0.818. The zero-order valence-corrected chi connectivity index (χ0v) is 12.7. The molecular formula is C13H13BrN2O2S. The van der Waals surface area contributed by atoms with Crippen molar-refractivity contribution in [2.45, 2.75) is 19.9 Å². The Balaban J connectivity index is 1.96. The van der Waals surface area contributed by atoms with Crippen LogP contribution >= 0.6 is 27.3 Å². The first-order valence-corrected chi connectivity index (χ1v) is 7.31. The standard InChI is InChI=1S/C13H13BrN2O2S/c1-8-4-9(6-16-13(8)14)15-7-11-3-2-10(19-11)5-12(17)18/h2-4,6,15H,5,7H2,1H3,(H,17,18). The molecular weight excluding hydrogens is 328 g/mol. The summed E-state index contributed by atoms with van der Waals surface area (Å²) in [5.41, 5.74) is 2.02. The Bertz CT molecular complexity index is 598. The van der Waals surface area contributed by atoms with Crippen LogP contribution in [0.1, 0.15) is 15.3 Å². The molecule has 0 unspecified atom stereocenters. The molecule has 0 aliphatic carbocycles. The van der Waals surface area contributed by atoms with Crippen LogP contribution in [-0.2, 0) is 17.8 Å². The highest BCUT2D eigenvalue weighted by atomic mass is 79.9. The van der Waals surface area contributed by atoms with E-state index in [1.165, 1.54) is 11.3 Å². The largest absolute Gasteiger partial charge is 0.481 e. The number of carboxylic acids is 1. The molecule has 0 atom stereocenters. The first-order valence-electron chi connectivity index (χ1n) is 5.70. The monoisotopic (exact) mass is 340 g/mol. The molecule has 0 saturated carbocycles. The number of carbonyl (C=O) groups is 1. The van der Waals surface area contributed by atoms with Crippen molar-refractivity contribution in [3.8, 4) is 0 Å². The van der Waals surface area contributed by atoms with Crippen LogP contribution in [0.2, 0.25) is 0 Å². The Morgan fingerprint density at radius 3 is 2.89 bits per heavy atom. The Morgan fingerprint density at radius 1 is 1.47 bits per heavy atom. The Morgan fingerprint density at radius 2 is 2.21 bits per heavy atom. The molecule has 4 nitrogen and oxygen atoms in total. The highest BCUT2D eigenvalue weighted by Gasteiger charge is 2.05. The smallest absolute Gasteiger partial charge is 0.308 e. The lowest BCUT2D eigenvalue weighted by molar-refractivity contribution is -0.136. The van der Waals surface area contributed by atoms with Crippen LogP contribution in [0.25, 0.3) is 0 Å². The molecule has 0 saturated heterocycles. The summed E-state index contributed by atoms with van der Waals surface area (Å²) in [6, 6.07) is 5.83. The molecule has 0 aliphatic rings. The summed E-state index contributed by atoms with van der Waals surface area (Å²) in [6.07, 6.45) is 1.85. The van der Waals surface area contributed by atoms with Gasteiger partial charge >= 0.3 is 5.97 Å². The van der Waals surface area contributed by atoms with Crippen molar-refractivity contribution in [2.24, 2.45) is 0 Å². The van der Waals surface area contributed by atoms with Gasteiger partial charge in [0.25, 0.3) is 0 Å². The van der Waals surface area contributed by atoms with Crippen LogP contribution in [-0.4, -0.2) is 16.1 Å². The molecule has 0 bridgehead atoms. The second-order valence-corrected chi connectivity index (χ2v) is 6.13. The van der Waals surface area contributed by atoms with Gasteiger partial charge in [-0.25, -0.2) is 4.98 Å². The minimum absolute atomic E-state index is 0.0869. The lowest BCUT2D eigenvalue weighted by Gasteiger charge is -2.06. The number of rotatable bonds is 5. The summed E-state index contributed by atoms with van der Waals surface area (Å²) in [7, 11) is 0. The molecule has 2 aromatic rings. The van der Waals surface area contributed by atoms with E-state index < -0.39 is 5.97 Å². The van der Waals surface area contributed by atoms with E-state index in [-0.39, 0.29) is 6.42 Å².